The number of carbonyl (C=O) groups excluding carboxylic acids is 1. The molecule has 0 heterocycles. The molecular formula is C20H24ClNO. The van der Waals surface area contributed by atoms with Crippen molar-refractivity contribution in [2.24, 2.45) is 10.9 Å². The molecule has 2 nitrogen and oxygen atoms in total. The Hall–Kier alpha value is -1.67. The van der Waals surface area contributed by atoms with E-state index in [2.05, 4.69) is 17.6 Å². The summed E-state index contributed by atoms with van der Waals surface area (Å²) in [5.74, 6) is 0.442. The highest BCUT2D eigenvalue weighted by molar-refractivity contribution is 6.65. The maximum atomic E-state index is 12.2. The van der Waals surface area contributed by atoms with Crippen molar-refractivity contribution < 1.29 is 4.79 Å². The summed E-state index contributed by atoms with van der Waals surface area (Å²) in [6.45, 7) is 7.55. The van der Waals surface area contributed by atoms with Gasteiger partial charge in [-0.2, -0.15) is 0 Å². The van der Waals surface area contributed by atoms with Crippen LogP contribution in [0, 0.1) is 5.92 Å². The maximum Gasteiger partial charge on any atom is 0.185 e. The molecule has 0 radical (unpaired) electrons. The van der Waals surface area contributed by atoms with Gasteiger partial charge in [-0.25, -0.2) is 4.99 Å². The number of ketones is 1. The van der Waals surface area contributed by atoms with E-state index >= 15 is 0 Å². The van der Waals surface area contributed by atoms with Crippen LogP contribution in [0.3, 0.4) is 0 Å². The van der Waals surface area contributed by atoms with Crippen LogP contribution >= 0.6 is 11.6 Å². The van der Waals surface area contributed by atoms with Crippen LogP contribution in [0.4, 0.5) is 0 Å². The summed E-state index contributed by atoms with van der Waals surface area (Å²) in [7, 11) is 0. The fourth-order valence-electron chi connectivity index (χ4n) is 3.04. The summed E-state index contributed by atoms with van der Waals surface area (Å²) in [6, 6.07) is 0. The molecule has 0 aromatic rings. The third-order valence-electron chi connectivity index (χ3n) is 4.37. The minimum absolute atomic E-state index is 0.0555. The van der Waals surface area contributed by atoms with Gasteiger partial charge in [0.25, 0.3) is 0 Å². The number of carbonyl (C=O) groups is 1. The molecule has 1 fully saturated rings. The summed E-state index contributed by atoms with van der Waals surface area (Å²) in [6.07, 6.45) is 14.9. The average molecular weight is 330 g/mol. The van der Waals surface area contributed by atoms with E-state index in [1.165, 1.54) is 37.3 Å². The van der Waals surface area contributed by atoms with Crippen molar-refractivity contribution in [3.05, 3.63) is 59.4 Å². The Morgan fingerprint density at radius 3 is 2.61 bits per heavy atom. The Kier molecular flexibility index (Phi) is 6.35. The first kappa shape index (κ1) is 17.7. The number of nitrogens with zero attached hydrogens (tertiary/aromatic N) is 1. The Labute approximate surface area is 144 Å². The zero-order valence-corrected chi connectivity index (χ0v) is 14.7. The lowest BCUT2D eigenvalue weighted by Gasteiger charge is -2.11. The fraction of sp³-hybridized carbons (Fsp3) is 0.400. The van der Waals surface area contributed by atoms with E-state index in [1.807, 2.05) is 32.1 Å². The molecule has 0 aromatic carbocycles. The second-order valence-electron chi connectivity index (χ2n) is 5.91. The summed E-state index contributed by atoms with van der Waals surface area (Å²) < 4.78 is 0. The van der Waals surface area contributed by atoms with Crippen molar-refractivity contribution in [2.45, 2.75) is 46.0 Å². The topological polar surface area (TPSA) is 29.4 Å². The minimum atomic E-state index is -0.0555. The van der Waals surface area contributed by atoms with E-state index < -0.39 is 0 Å². The maximum absolute atomic E-state index is 12.2. The predicted molar refractivity (Wildman–Crippen MR) is 98.7 cm³/mol. The van der Waals surface area contributed by atoms with Gasteiger partial charge in [0.15, 0.2) is 5.78 Å². The number of halogens is 1. The highest BCUT2D eigenvalue weighted by atomic mass is 35.5. The quantitative estimate of drug-likeness (QED) is 0.471. The normalized spacial score (nSPS) is 21.6. The van der Waals surface area contributed by atoms with Gasteiger partial charge in [-0.3, -0.25) is 4.79 Å². The summed E-state index contributed by atoms with van der Waals surface area (Å²) >= 11 is 6.17. The first-order valence-electron chi connectivity index (χ1n) is 8.30. The molecular weight excluding hydrogens is 306 g/mol. The summed E-state index contributed by atoms with van der Waals surface area (Å²) in [5.41, 5.74) is 3.61. The van der Waals surface area contributed by atoms with Crippen LogP contribution in [0.15, 0.2) is 64.4 Å². The first-order chi connectivity index (χ1) is 11.1. The Bertz CT molecular complexity index is 641. The monoisotopic (exact) mass is 329 g/mol. The molecule has 0 aliphatic heterocycles. The van der Waals surface area contributed by atoms with Crippen molar-refractivity contribution in [1.29, 1.82) is 0 Å². The highest BCUT2D eigenvalue weighted by Gasteiger charge is 2.22. The van der Waals surface area contributed by atoms with Crippen LogP contribution in [0.1, 0.15) is 46.0 Å². The van der Waals surface area contributed by atoms with Crippen LogP contribution in [0.2, 0.25) is 0 Å². The third kappa shape index (κ3) is 4.42. The van der Waals surface area contributed by atoms with E-state index in [9.17, 15) is 4.79 Å². The van der Waals surface area contributed by atoms with Crippen molar-refractivity contribution in [3.63, 3.8) is 0 Å². The average Bonchev–Trinajstić information content (AvgIpc) is 3.04. The molecule has 0 N–H and O–H groups in total. The lowest BCUT2D eigenvalue weighted by atomic mass is 9.94. The van der Waals surface area contributed by atoms with Crippen molar-refractivity contribution in [2.75, 3.05) is 0 Å². The highest BCUT2D eigenvalue weighted by Crippen LogP contribution is 2.35. The van der Waals surface area contributed by atoms with Crippen LogP contribution in [0.5, 0.6) is 0 Å². The smallest absolute Gasteiger partial charge is 0.185 e. The Balaban J connectivity index is 2.53. The van der Waals surface area contributed by atoms with Crippen molar-refractivity contribution >= 4 is 22.6 Å². The van der Waals surface area contributed by atoms with Gasteiger partial charge in [-0.1, -0.05) is 44.0 Å². The van der Waals surface area contributed by atoms with Gasteiger partial charge < -0.3 is 0 Å². The second-order valence-corrected chi connectivity index (χ2v) is 6.35. The van der Waals surface area contributed by atoms with Crippen LogP contribution in [-0.4, -0.2) is 11.0 Å². The Morgan fingerprint density at radius 2 is 2.04 bits per heavy atom. The van der Waals surface area contributed by atoms with Gasteiger partial charge in [0.1, 0.15) is 5.17 Å². The molecule has 0 saturated heterocycles. The Morgan fingerprint density at radius 1 is 1.35 bits per heavy atom. The molecule has 2 rings (SSSR count). The first-order valence-corrected chi connectivity index (χ1v) is 8.68. The van der Waals surface area contributed by atoms with E-state index in [0.717, 1.165) is 11.3 Å². The molecule has 0 amide bonds. The van der Waals surface area contributed by atoms with Gasteiger partial charge in [0.2, 0.25) is 0 Å². The summed E-state index contributed by atoms with van der Waals surface area (Å²) in [4.78, 5) is 16.7. The molecule has 23 heavy (non-hydrogen) atoms. The van der Waals surface area contributed by atoms with E-state index in [4.69, 9.17) is 11.6 Å². The number of hydrogen-bond acceptors (Lipinski definition) is 2. The number of allylic oxidation sites excluding steroid dienone is 7. The van der Waals surface area contributed by atoms with Gasteiger partial charge in [-0.15, -0.1) is 0 Å². The molecule has 122 valence electrons. The van der Waals surface area contributed by atoms with Crippen molar-refractivity contribution in [1.82, 2.24) is 0 Å². The largest absolute Gasteiger partial charge is 0.289 e. The van der Waals surface area contributed by atoms with E-state index in [1.54, 1.807) is 0 Å². The number of aliphatic imine (C=N–C) groups is 1. The molecule has 0 atom stereocenters. The molecule has 0 aromatic heterocycles. The number of rotatable bonds is 5. The second kappa shape index (κ2) is 8.26. The third-order valence-corrected chi connectivity index (χ3v) is 4.73. The zero-order valence-electron chi connectivity index (χ0n) is 13.9. The van der Waals surface area contributed by atoms with Gasteiger partial charge in [0, 0.05) is 5.57 Å². The molecule has 1 saturated carbocycles. The fourth-order valence-corrected chi connectivity index (χ4v) is 3.13. The molecule has 0 spiro atoms. The van der Waals surface area contributed by atoms with Crippen LogP contribution < -0.4 is 0 Å². The molecule has 3 heteroatoms. The molecule has 0 bridgehead atoms. The zero-order chi connectivity index (χ0) is 16.8. The van der Waals surface area contributed by atoms with Crippen LogP contribution in [-0.2, 0) is 4.79 Å². The minimum Gasteiger partial charge on any atom is -0.289 e. The lowest BCUT2D eigenvalue weighted by molar-refractivity contribution is -0.111. The molecule has 2 aliphatic carbocycles. The van der Waals surface area contributed by atoms with Gasteiger partial charge >= 0.3 is 0 Å². The summed E-state index contributed by atoms with van der Waals surface area (Å²) in [5, 5.41) is 0.577. The molecule has 2 aliphatic rings. The van der Waals surface area contributed by atoms with E-state index in [0.29, 0.717) is 23.1 Å². The predicted octanol–water partition coefficient (Wildman–Crippen LogP) is 5.68. The molecule has 0 unspecified atom stereocenters. The SMILES string of the molecule is C=CC(=O)C1=C/C(=C/C)C(N=C(Cl)CC)=CC(C2CCCC2)=C1. The standard InChI is InChI=1S/C20H24ClNO/c1-4-14-11-17(19(23)5-2)12-16(15-9-7-8-10-15)13-18(14)22-20(21)6-3/h4-5,11-13,15H,2,6-10H2,1,3H3/b14-4-,22-20?. The van der Waals surface area contributed by atoms with Gasteiger partial charge in [-0.05, 0) is 67.6 Å². The van der Waals surface area contributed by atoms with Gasteiger partial charge in [0.05, 0.1) is 5.70 Å². The number of hydrogen-bond donors (Lipinski definition) is 0. The van der Waals surface area contributed by atoms with Crippen LogP contribution in [0.25, 0.3) is 0 Å². The van der Waals surface area contributed by atoms with E-state index in [-0.39, 0.29) is 5.78 Å². The van der Waals surface area contributed by atoms with Crippen molar-refractivity contribution in [3.8, 4) is 0 Å². The lowest BCUT2D eigenvalue weighted by Crippen LogP contribution is -2.00.